The second-order valence-corrected chi connectivity index (χ2v) is 6.06. The van der Waals surface area contributed by atoms with Gasteiger partial charge in [0.2, 0.25) is 11.8 Å². The Morgan fingerprint density at radius 3 is 2.55 bits per heavy atom. The molecule has 7 nitrogen and oxygen atoms in total. The van der Waals surface area contributed by atoms with Gasteiger partial charge in [0.15, 0.2) is 0 Å². The van der Waals surface area contributed by atoms with Gasteiger partial charge in [-0.3, -0.25) is 9.59 Å². The van der Waals surface area contributed by atoms with Crippen LogP contribution in [0.25, 0.3) is 0 Å². The summed E-state index contributed by atoms with van der Waals surface area (Å²) in [7, 11) is 1.55. The van der Waals surface area contributed by atoms with Crippen LogP contribution in [0.4, 0.5) is 0 Å². The normalized spacial score (nSPS) is 24.9. The number of aliphatic carboxylic acids is 1. The van der Waals surface area contributed by atoms with E-state index in [9.17, 15) is 19.5 Å². The zero-order valence-corrected chi connectivity index (χ0v) is 12.9. The van der Waals surface area contributed by atoms with E-state index in [4.69, 9.17) is 4.74 Å². The first-order valence-corrected chi connectivity index (χ1v) is 7.84. The minimum atomic E-state index is -1.01. The molecule has 2 atom stereocenters. The number of nitrogens with one attached hydrogen (secondary N) is 1. The molecule has 22 heavy (non-hydrogen) atoms. The summed E-state index contributed by atoms with van der Waals surface area (Å²) in [5, 5.41) is 11.8. The summed E-state index contributed by atoms with van der Waals surface area (Å²) in [6, 6.07) is -0.836. The smallest absolute Gasteiger partial charge is 0.326 e. The number of nitrogens with zero attached hydrogens (tertiary/aromatic N) is 1. The lowest BCUT2D eigenvalue weighted by Gasteiger charge is -2.36. The van der Waals surface area contributed by atoms with E-state index in [1.54, 1.807) is 7.05 Å². The van der Waals surface area contributed by atoms with Crippen LogP contribution in [0.5, 0.6) is 0 Å². The third-order valence-electron chi connectivity index (χ3n) is 4.32. The first kappa shape index (κ1) is 16.7. The van der Waals surface area contributed by atoms with Crippen molar-refractivity contribution in [1.82, 2.24) is 10.2 Å². The summed E-state index contributed by atoms with van der Waals surface area (Å²) >= 11 is 0. The predicted molar refractivity (Wildman–Crippen MR) is 78.1 cm³/mol. The number of rotatable bonds is 7. The summed E-state index contributed by atoms with van der Waals surface area (Å²) < 4.78 is 5.44. The molecular weight excluding hydrogens is 288 g/mol. The lowest BCUT2D eigenvalue weighted by Crippen LogP contribution is -2.53. The standard InChI is InChI=1S/C15H24N2O5/c1-16-14(19)11-4-5-12(15(20)21)17(8-11)13(18)6-7-22-9-10-2-3-10/h10-12H,2-9H2,1H3,(H,16,19)(H,20,21)/t11-,12-/m0/s1. The van der Waals surface area contributed by atoms with Crippen LogP contribution in [0.1, 0.15) is 32.1 Å². The largest absolute Gasteiger partial charge is 0.480 e. The number of hydrogen-bond donors (Lipinski definition) is 2. The number of amides is 2. The topological polar surface area (TPSA) is 95.9 Å². The van der Waals surface area contributed by atoms with Crippen molar-refractivity contribution >= 4 is 17.8 Å². The van der Waals surface area contributed by atoms with Crippen molar-refractivity contribution in [2.45, 2.75) is 38.1 Å². The third kappa shape index (κ3) is 4.43. The van der Waals surface area contributed by atoms with E-state index in [-0.39, 0.29) is 30.7 Å². The van der Waals surface area contributed by atoms with Crippen molar-refractivity contribution < 1.29 is 24.2 Å². The highest BCUT2D eigenvalue weighted by atomic mass is 16.5. The number of likely N-dealkylation sites (tertiary alicyclic amines) is 1. The highest BCUT2D eigenvalue weighted by Crippen LogP contribution is 2.29. The average molecular weight is 312 g/mol. The molecule has 7 heteroatoms. The number of carbonyl (C=O) groups excluding carboxylic acids is 2. The molecule has 1 heterocycles. The monoisotopic (exact) mass is 312 g/mol. The highest BCUT2D eigenvalue weighted by molar-refractivity contribution is 5.86. The molecule has 2 amide bonds. The second kappa shape index (κ2) is 7.58. The van der Waals surface area contributed by atoms with E-state index < -0.39 is 12.0 Å². The molecule has 1 aliphatic carbocycles. The Morgan fingerprint density at radius 1 is 1.23 bits per heavy atom. The Balaban J connectivity index is 1.87. The molecule has 1 saturated carbocycles. The third-order valence-corrected chi connectivity index (χ3v) is 4.32. The van der Waals surface area contributed by atoms with Crippen LogP contribution in [-0.4, -0.2) is 60.6 Å². The van der Waals surface area contributed by atoms with Crippen molar-refractivity contribution in [3.8, 4) is 0 Å². The summed E-state index contributed by atoms with van der Waals surface area (Å²) in [4.78, 5) is 36.7. The number of hydrogen-bond acceptors (Lipinski definition) is 4. The minimum Gasteiger partial charge on any atom is -0.480 e. The molecule has 0 aromatic rings. The summed E-state index contributed by atoms with van der Waals surface area (Å²) in [6.07, 6.45) is 3.33. The summed E-state index contributed by atoms with van der Waals surface area (Å²) in [5.74, 6) is -1.11. The predicted octanol–water partition coefficient (Wildman–Crippen LogP) is 0.241. The maximum Gasteiger partial charge on any atom is 0.326 e. The van der Waals surface area contributed by atoms with Crippen molar-refractivity contribution in [3.63, 3.8) is 0 Å². The van der Waals surface area contributed by atoms with E-state index in [1.165, 1.54) is 17.7 Å². The van der Waals surface area contributed by atoms with Crippen molar-refractivity contribution in [3.05, 3.63) is 0 Å². The van der Waals surface area contributed by atoms with Gasteiger partial charge in [-0.05, 0) is 31.6 Å². The number of piperidine rings is 1. The van der Waals surface area contributed by atoms with Crippen LogP contribution >= 0.6 is 0 Å². The Bertz CT molecular complexity index is 436. The Hall–Kier alpha value is -1.63. The molecule has 0 radical (unpaired) electrons. The molecule has 0 aromatic heterocycles. The van der Waals surface area contributed by atoms with Gasteiger partial charge in [-0.2, -0.15) is 0 Å². The van der Waals surface area contributed by atoms with Crippen LogP contribution in [0.3, 0.4) is 0 Å². The van der Waals surface area contributed by atoms with Gasteiger partial charge in [0.1, 0.15) is 6.04 Å². The van der Waals surface area contributed by atoms with E-state index in [1.807, 2.05) is 0 Å². The molecule has 124 valence electrons. The summed E-state index contributed by atoms with van der Waals surface area (Å²) in [5.41, 5.74) is 0. The van der Waals surface area contributed by atoms with Gasteiger partial charge in [0.05, 0.1) is 18.9 Å². The fourth-order valence-corrected chi connectivity index (χ4v) is 2.76. The van der Waals surface area contributed by atoms with Gasteiger partial charge in [-0.25, -0.2) is 4.79 Å². The molecular formula is C15H24N2O5. The lowest BCUT2D eigenvalue weighted by molar-refractivity contribution is -0.155. The van der Waals surface area contributed by atoms with E-state index in [0.29, 0.717) is 32.0 Å². The molecule has 1 saturated heterocycles. The van der Waals surface area contributed by atoms with Gasteiger partial charge in [0.25, 0.3) is 0 Å². The van der Waals surface area contributed by atoms with Crippen LogP contribution in [-0.2, 0) is 19.1 Å². The lowest BCUT2D eigenvalue weighted by atomic mass is 9.91. The molecule has 0 aromatic carbocycles. The molecule has 2 aliphatic rings. The average Bonchev–Trinajstić information content (AvgIpc) is 3.34. The number of carboxylic acid groups (broad SMARTS) is 1. The quantitative estimate of drug-likeness (QED) is 0.657. The molecule has 2 N–H and O–H groups in total. The van der Waals surface area contributed by atoms with Gasteiger partial charge < -0.3 is 20.1 Å². The molecule has 2 fully saturated rings. The minimum absolute atomic E-state index is 0.147. The SMILES string of the molecule is CNC(=O)[C@H]1CC[C@@H](C(=O)O)N(C(=O)CCOCC2CC2)C1. The molecule has 0 spiro atoms. The number of carboxylic acids is 1. The van der Waals surface area contributed by atoms with Crippen LogP contribution < -0.4 is 5.32 Å². The van der Waals surface area contributed by atoms with Gasteiger partial charge in [0, 0.05) is 20.2 Å². The van der Waals surface area contributed by atoms with E-state index >= 15 is 0 Å². The van der Waals surface area contributed by atoms with Gasteiger partial charge in [-0.15, -0.1) is 0 Å². The van der Waals surface area contributed by atoms with Crippen molar-refractivity contribution in [2.75, 3.05) is 26.8 Å². The Kier molecular flexibility index (Phi) is 5.76. The van der Waals surface area contributed by atoms with Gasteiger partial charge >= 0.3 is 5.97 Å². The molecule has 0 unspecified atom stereocenters. The summed E-state index contributed by atoms with van der Waals surface area (Å²) in [6.45, 7) is 1.15. The van der Waals surface area contributed by atoms with Crippen LogP contribution in [0.2, 0.25) is 0 Å². The maximum absolute atomic E-state index is 12.3. The highest BCUT2D eigenvalue weighted by Gasteiger charge is 2.37. The zero-order chi connectivity index (χ0) is 16.1. The van der Waals surface area contributed by atoms with Gasteiger partial charge in [-0.1, -0.05) is 0 Å². The molecule has 1 aliphatic heterocycles. The second-order valence-electron chi connectivity index (χ2n) is 6.06. The zero-order valence-electron chi connectivity index (χ0n) is 12.9. The van der Waals surface area contributed by atoms with Crippen LogP contribution in [0.15, 0.2) is 0 Å². The first-order valence-electron chi connectivity index (χ1n) is 7.84. The van der Waals surface area contributed by atoms with E-state index in [0.717, 1.165) is 0 Å². The first-order chi connectivity index (χ1) is 10.5. The van der Waals surface area contributed by atoms with Crippen LogP contribution in [0, 0.1) is 11.8 Å². The number of carbonyl (C=O) groups is 3. The Morgan fingerprint density at radius 2 is 1.95 bits per heavy atom. The molecule has 2 rings (SSSR count). The fraction of sp³-hybridized carbons (Fsp3) is 0.800. The molecule has 0 bridgehead atoms. The number of ether oxygens (including phenoxy) is 1. The van der Waals surface area contributed by atoms with Crippen molar-refractivity contribution in [1.29, 1.82) is 0 Å². The fourth-order valence-electron chi connectivity index (χ4n) is 2.76. The van der Waals surface area contributed by atoms with E-state index in [2.05, 4.69) is 5.32 Å². The maximum atomic E-state index is 12.3. The van der Waals surface area contributed by atoms with Crippen molar-refractivity contribution in [2.24, 2.45) is 11.8 Å². The Labute approximate surface area is 130 Å².